The first kappa shape index (κ1) is 17.8. The second kappa shape index (κ2) is 6.64. The molecule has 3 aromatic rings. The quantitative estimate of drug-likeness (QED) is 0.705. The number of imidazole rings is 1. The molecule has 0 atom stereocenters. The van der Waals surface area contributed by atoms with Crippen LogP contribution in [0.2, 0.25) is 0 Å². The fraction of sp³-hybridized carbons (Fsp3) is 0.368. The minimum Gasteiger partial charge on any atom is -0.431 e. The van der Waals surface area contributed by atoms with Gasteiger partial charge in [0.25, 0.3) is 0 Å². The Kier molecular flexibility index (Phi) is 4.07. The first-order valence-corrected chi connectivity index (χ1v) is 9.34. The first-order valence-electron chi connectivity index (χ1n) is 9.34. The van der Waals surface area contributed by atoms with Crippen molar-refractivity contribution in [1.29, 1.82) is 0 Å². The van der Waals surface area contributed by atoms with Crippen LogP contribution in [-0.2, 0) is 0 Å². The molecule has 2 saturated heterocycles. The van der Waals surface area contributed by atoms with E-state index in [9.17, 15) is 8.78 Å². The van der Waals surface area contributed by atoms with Gasteiger partial charge in [0, 0.05) is 42.8 Å². The highest BCUT2D eigenvalue weighted by molar-refractivity contribution is 5.66. The number of nitrogen functional groups attached to an aromatic ring is 1. The third-order valence-corrected chi connectivity index (χ3v) is 5.53. The lowest BCUT2D eigenvalue weighted by atomic mass is 9.86. The standard InChI is InChI=1S/C19H19F2N7O/c1-10-23-2-3-27(10)16-7-14(12-6-15(29-18(20)21)17(22)24-8-12)25-19(26-16)28-9-11-4-13(28)5-11/h2-3,6-8,11,13,18H,4-5,9H2,1H3,(H2,22,24). The summed E-state index contributed by atoms with van der Waals surface area (Å²) >= 11 is 0. The smallest absolute Gasteiger partial charge is 0.387 e. The average molecular weight is 399 g/mol. The Balaban J connectivity index is 1.61. The van der Waals surface area contributed by atoms with Gasteiger partial charge in [-0.05, 0) is 31.7 Å². The van der Waals surface area contributed by atoms with Gasteiger partial charge in [-0.2, -0.15) is 13.8 Å². The number of nitrogens with zero attached hydrogens (tertiary/aromatic N) is 6. The monoisotopic (exact) mass is 399 g/mol. The van der Waals surface area contributed by atoms with Crippen LogP contribution < -0.4 is 15.4 Å². The third-order valence-electron chi connectivity index (χ3n) is 5.53. The Morgan fingerprint density at radius 3 is 2.69 bits per heavy atom. The molecule has 3 fully saturated rings. The second-order valence-electron chi connectivity index (χ2n) is 7.39. The molecule has 3 aliphatic rings. The highest BCUT2D eigenvalue weighted by Crippen LogP contribution is 2.42. The number of rotatable bonds is 5. The second-order valence-corrected chi connectivity index (χ2v) is 7.39. The molecule has 0 radical (unpaired) electrons. The zero-order valence-electron chi connectivity index (χ0n) is 15.7. The molecule has 8 nitrogen and oxygen atoms in total. The van der Waals surface area contributed by atoms with Crippen molar-refractivity contribution >= 4 is 11.8 Å². The Hall–Kier alpha value is -3.30. The molecule has 10 heteroatoms. The number of pyridine rings is 1. The number of nitrogens with two attached hydrogens (primary N) is 1. The van der Waals surface area contributed by atoms with Gasteiger partial charge in [-0.15, -0.1) is 0 Å². The molecule has 150 valence electrons. The van der Waals surface area contributed by atoms with Crippen LogP contribution in [0.25, 0.3) is 17.1 Å². The number of fused-ring (bicyclic) bond motifs is 1. The summed E-state index contributed by atoms with van der Waals surface area (Å²) in [7, 11) is 0. The van der Waals surface area contributed by atoms with E-state index in [-0.39, 0.29) is 11.6 Å². The summed E-state index contributed by atoms with van der Waals surface area (Å²) in [6.45, 7) is -0.181. The Morgan fingerprint density at radius 2 is 2.03 bits per heavy atom. The van der Waals surface area contributed by atoms with Crippen molar-refractivity contribution in [1.82, 2.24) is 24.5 Å². The van der Waals surface area contributed by atoms with Crippen molar-refractivity contribution in [3.63, 3.8) is 0 Å². The minimum absolute atomic E-state index is 0.102. The number of halogens is 2. The van der Waals surface area contributed by atoms with Crippen molar-refractivity contribution in [3.05, 3.63) is 36.5 Å². The van der Waals surface area contributed by atoms with Gasteiger partial charge in [0.2, 0.25) is 5.95 Å². The molecule has 0 aromatic carbocycles. The molecule has 3 aromatic heterocycles. The number of aromatic nitrogens is 5. The van der Waals surface area contributed by atoms with E-state index >= 15 is 0 Å². The summed E-state index contributed by atoms with van der Waals surface area (Å²) in [5.41, 5.74) is 6.74. The van der Waals surface area contributed by atoms with Gasteiger partial charge in [0.15, 0.2) is 11.6 Å². The summed E-state index contributed by atoms with van der Waals surface area (Å²) < 4.78 is 31.7. The molecule has 1 saturated carbocycles. The summed E-state index contributed by atoms with van der Waals surface area (Å²) in [5.74, 6) is 2.45. The van der Waals surface area contributed by atoms with Crippen LogP contribution in [0.15, 0.2) is 30.7 Å². The predicted octanol–water partition coefficient (Wildman–Crippen LogP) is 2.81. The minimum atomic E-state index is -2.99. The van der Waals surface area contributed by atoms with E-state index in [0.29, 0.717) is 35.0 Å². The molecule has 1 aliphatic carbocycles. The lowest BCUT2D eigenvalue weighted by molar-refractivity contribution is -0.0494. The molecule has 5 heterocycles. The summed E-state index contributed by atoms with van der Waals surface area (Å²) in [6, 6.07) is 3.65. The number of aryl methyl sites for hydroxylation is 1. The van der Waals surface area contributed by atoms with Crippen molar-refractivity contribution in [3.8, 4) is 22.8 Å². The molecule has 2 bridgehead atoms. The van der Waals surface area contributed by atoms with Gasteiger partial charge < -0.3 is 15.4 Å². The van der Waals surface area contributed by atoms with Crippen LogP contribution in [-0.4, -0.2) is 43.7 Å². The molecule has 2 aliphatic heterocycles. The molecular formula is C19H19F2N7O. The zero-order chi connectivity index (χ0) is 20.1. The number of alkyl halides is 2. The molecule has 0 amide bonds. The van der Waals surface area contributed by atoms with Crippen LogP contribution in [0.1, 0.15) is 18.7 Å². The Labute approximate surface area is 165 Å². The van der Waals surface area contributed by atoms with Crippen LogP contribution in [0.5, 0.6) is 5.75 Å². The number of hydrogen-bond acceptors (Lipinski definition) is 7. The maximum atomic E-state index is 12.7. The van der Waals surface area contributed by atoms with Gasteiger partial charge in [-0.3, -0.25) is 4.57 Å². The molecule has 29 heavy (non-hydrogen) atoms. The fourth-order valence-corrected chi connectivity index (χ4v) is 4.00. The number of ether oxygens (including phenoxy) is 1. The highest BCUT2D eigenvalue weighted by atomic mass is 19.3. The largest absolute Gasteiger partial charge is 0.431 e. The van der Waals surface area contributed by atoms with Gasteiger partial charge in [0.05, 0.1) is 5.69 Å². The maximum Gasteiger partial charge on any atom is 0.387 e. The molecule has 0 unspecified atom stereocenters. The van der Waals surface area contributed by atoms with E-state index in [1.54, 1.807) is 12.3 Å². The van der Waals surface area contributed by atoms with Gasteiger partial charge in [-0.25, -0.2) is 15.0 Å². The maximum absolute atomic E-state index is 12.7. The van der Waals surface area contributed by atoms with E-state index in [2.05, 4.69) is 19.6 Å². The lowest BCUT2D eigenvalue weighted by Crippen LogP contribution is -2.30. The Bertz CT molecular complexity index is 1060. The number of hydrogen-bond donors (Lipinski definition) is 1. The van der Waals surface area contributed by atoms with E-state index < -0.39 is 6.61 Å². The van der Waals surface area contributed by atoms with E-state index in [1.807, 2.05) is 17.7 Å². The van der Waals surface area contributed by atoms with Crippen molar-refractivity contribution in [2.75, 3.05) is 17.2 Å². The van der Waals surface area contributed by atoms with Crippen molar-refractivity contribution in [2.45, 2.75) is 32.4 Å². The SMILES string of the molecule is Cc1nccn1-c1cc(-c2cnc(N)c(OC(F)F)c2)nc(N2CC3CC2C3)n1. The summed E-state index contributed by atoms with van der Waals surface area (Å²) in [4.78, 5) is 19.9. The average Bonchev–Trinajstić information content (AvgIpc) is 3.37. The molecule has 2 N–H and O–H groups in total. The van der Waals surface area contributed by atoms with Crippen LogP contribution in [0.4, 0.5) is 20.5 Å². The molecular weight excluding hydrogens is 380 g/mol. The summed E-state index contributed by atoms with van der Waals surface area (Å²) in [6.07, 6.45) is 7.32. The van der Waals surface area contributed by atoms with E-state index in [0.717, 1.165) is 25.2 Å². The normalized spacial score (nSPS) is 20.2. The van der Waals surface area contributed by atoms with Crippen molar-refractivity contribution in [2.24, 2.45) is 5.92 Å². The zero-order valence-corrected chi connectivity index (χ0v) is 15.7. The molecule has 0 spiro atoms. The Morgan fingerprint density at radius 1 is 1.21 bits per heavy atom. The highest BCUT2D eigenvalue weighted by Gasteiger charge is 2.44. The van der Waals surface area contributed by atoms with Crippen LogP contribution >= 0.6 is 0 Å². The van der Waals surface area contributed by atoms with Gasteiger partial charge in [-0.1, -0.05) is 0 Å². The third kappa shape index (κ3) is 3.14. The first-order chi connectivity index (χ1) is 14.0. The van der Waals surface area contributed by atoms with Crippen molar-refractivity contribution < 1.29 is 13.5 Å². The summed E-state index contributed by atoms with van der Waals surface area (Å²) in [5, 5.41) is 0. The van der Waals surface area contributed by atoms with Gasteiger partial charge in [0.1, 0.15) is 11.6 Å². The van der Waals surface area contributed by atoms with E-state index in [1.165, 1.54) is 12.3 Å². The number of anilines is 2. The van der Waals surface area contributed by atoms with Crippen LogP contribution in [0.3, 0.4) is 0 Å². The van der Waals surface area contributed by atoms with Crippen LogP contribution in [0, 0.1) is 12.8 Å². The van der Waals surface area contributed by atoms with Gasteiger partial charge >= 0.3 is 6.61 Å². The predicted molar refractivity (Wildman–Crippen MR) is 102 cm³/mol. The lowest BCUT2D eigenvalue weighted by Gasteiger charge is -2.26. The molecule has 6 rings (SSSR count). The van der Waals surface area contributed by atoms with E-state index in [4.69, 9.17) is 15.7 Å². The fourth-order valence-electron chi connectivity index (χ4n) is 4.00. The topological polar surface area (TPSA) is 95.0 Å².